The van der Waals surface area contributed by atoms with E-state index in [1.807, 2.05) is 30.3 Å². The summed E-state index contributed by atoms with van der Waals surface area (Å²) in [4.78, 5) is 0. The third-order valence-corrected chi connectivity index (χ3v) is 3.26. The van der Waals surface area contributed by atoms with E-state index in [-0.39, 0.29) is 18.2 Å². The summed E-state index contributed by atoms with van der Waals surface area (Å²) in [6.45, 7) is 1.46. The van der Waals surface area contributed by atoms with Gasteiger partial charge in [-0.3, -0.25) is 0 Å². The highest BCUT2D eigenvalue weighted by molar-refractivity contribution is 5.85. The predicted molar refractivity (Wildman–Crippen MR) is 88.3 cm³/mol. The maximum Gasteiger partial charge on any atom is 0.134 e. The summed E-state index contributed by atoms with van der Waals surface area (Å²) >= 11 is 0. The van der Waals surface area contributed by atoms with Gasteiger partial charge in [0.1, 0.15) is 17.3 Å². The van der Waals surface area contributed by atoms with Gasteiger partial charge in [-0.2, -0.15) is 0 Å². The number of halogens is 2. The van der Waals surface area contributed by atoms with Gasteiger partial charge in [-0.1, -0.05) is 30.3 Å². The molecule has 3 rings (SSSR count). The van der Waals surface area contributed by atoms with Gasteiger partial charge in [-0.05, 0) is 42.0 Å². The van der Waals surface area contributed by atoms with E-state index in [4.69, 9.17) is 4.42 Å². The number of rotatable bonds is 5. The average Bonchev–Trinajstić information content (AvgIpc) is 2.98. The summed E-state index contributed by atoms with van der Waals surface area (Å²) < 4.78 is 18.7. The fourth-order valence-corrected chi connectivity index (χ4v) is 2.17. The Morgan fingerprint density at radius 1 is 0.818 bits per heavy atom. The van der Waals surface area contributed by atoms with Crippen LogP contribution in [0.15, 0.2) is 71.1 Å². The zero-order chi connectivity index (χ0) is 14.5. The van der Waals surface area contributed by atoms with E-state index in [0.29, 0.717) is 6.54 Å². The Bertz CT molecular complexity index is 695. The second-order valence-electron chi connectivity index (χ2n) is 4.86. The normalized spacial score (nSPS) is 10.2. The van der Waals surface area contributed by atoms with Crippen LogP contribution in [0.25, 0.3) is 11.3 Å². The topological polar surface area (TPSA) is 25.2 Å². The second-order valence-corrected chi connectivity index (χ2v) is 4.86. The van der Waals surface area contributed by atoms with Crippen LogP contribution < -0.4 is 5.32 Å². The van der Waals surface area contributed by atoms with Crippen molar-refractivity contribution in [3.8, 4) is 11.3 Å². The van der Waals surface area contributed by atoms with Crippen molar-refractivity contribution >= 4 is 12.4 Å². The third kappa shape index (κ3) is 4.20. The lowest BCUT2D eigenvalue weighted by atomic mass is 10.2. The molecule has 114 valence electrons. The molecule has 0 spiro atoms. The Morgan fingerprint density at radius 2 is 1.55 bits per heavy atom. The van der Waals surface area contributed by atoms with Gasteiger partial charge in [0.05, 0.1) is 6.54 Å². The first-order valence-corrected chi connectivity index (χ1v) is 6.90. The molecule has 1 aromatic heterocycles. The van der Waals surface area contributed by atoms with Gasteiger partial charge >= 0.3 is 0 Å². The minimum atomic E-state index is -0.241. The number of nitrogens with one attached hydrogen (secondary N) is 1. The maximum absolute atomic E-state index is 12.9. The van der Waals surface area contributed by atoms with E-state index >= 15 is 0 Å². The summed E-state index contributed by atoms with van der Waals surface area (Å²) in [6.07, 6.45) is 0. The van der Waals surface area contributed by atoms with Gasteiger partial charge in [0.25, 0.3) is 0 Å². The number of hydrogen-bond acceptors (Lipinski definition) is 2. The van der Waals surface area contributed by atoms with Crippen LogP contribution in [0.4, 0.5) is 4.39 Å². The van der Waals surface area contributed by atoms with Crippen molar-refractivity contribution in [3.63, 3.8) is 0 Å². The number of benzene rings is 2. The van der Waals surface area contributed by atoms with Crippen LogP contribution in [-0.2, 0) is 13.1 Å². The molecule has 3 aromatic rings. The average molecular weight is 318 g/mol. The molecule has 0 aliphatic heterocycles. The van der Waals surface area contributed by atoms with E-state index < -0.39 is 0 Å². The van der Waals surface area contributed by atoms with Gasteiger partial charge in [0, 0.05) is 12.1 Å². The molecule has 1 heterocycles. The van der Waals surface area contributed by atoms with Gasteiger partial charge in [0.2, 0.25) is 0 Å². The summed E-state index contributed by atoms with van der Waals surface area (Å²) in [5.41, 5.74) is 2.12. The summed E-state index contributed by atoms with van der Waals surface area (Å²) in [6, 6.07) is 20.4. The van der Waals surface area contributed by atoms with Crippen LogP contribution in [-0.4, -0.2) is 0 Å². The molecule has 1 N–H and O–H groups in total. The Labute approximate surface area is 135 Å². The minimum Gasteiger partial charge on any atom is -0.460 e. The van der Waals surface area contributed by atoms with Crippen LogP contribution in [0, 0.1) is 5.82 Å². The minimum absolute atomic E-state index is 0. The standard InChI is InChI=1S/C18H16FNO.ClH/c19-16-8-6-15(7-9-16)18-11-10-17(21-18)13-20-12-14-4-2-1-3-5-14;/h1-11,20H,12-13H2;1H. The first kappa shape index (κ1) is 16.3. The zero-order valence-corrected chi connectivity index (χ0v) is 12.8. The molecule has 0 saturated heterocycles. The van der Waals surface area contributed by atoms with Crippen LogP contribution in [0.5, 0.6) is 0 Å². The van der Waals surface area contributed by atoms with Crippen molar-refractivity contribution < 1.29 is 8.81 Å². The SMILES string of the molecule is Cl.Fc1ccc(-c2ccc(CNCc3ccccc3)o2)cc1. The van der Waals surface area contributed by atoms with Crippen LogP contribution in [0.1, 0.15) is 11.3 Å². The summed E-state index contributed by atoms with van der Waals surface area (Å²) in [5, 5.41) is 3.34. The Balaban J connectivity index is 0.00000176. The quantitative estimate of drug-likeness (QED) is 0.731. The molecule has 0 fully saturated rings. The lowest BCUT2D eigenvalue weighted by Gasteiger charge is -2.02. The van der Waals surface area contributed by atoms with Crippen LogP contribution in [0.2, 0.25) is 0 Å². The molecular formula is C18H17ClFNO. The van der Waals surface area contributed by atoms with E-state index in [9.17, 15) is 4.39 Å². The molecule has 2 nitrogen and oxygen atoms in total. The summed E-state index contributed by atoms with van der Waals surface area (Å²) in [5.74, 6) is 1.38. The predicted octanol–water partition coefficient (Wildman–Crippen LogP) is 4.80. The monoisotopic (exact) mass is 317 g/mol. The highest BCUT2D eigenvalue weighted by Gasteiger charge is 2.04. The molecule has 0 unspecified atom stereocenters. The zero-order valence-electron chi connectivity index (χ0n) is 12.0. The van der Waals surface area contributed by atoms with Crippen molar-refractivity contribution in [1.82, 2.24) is 5.32 Å². The van der Waals surface area contributed by atoms with Crippen LogP contribution >= 0.6 is 12.4 Å². The maximum atomic E-state index is 12.9. The molecule has 22 heavy (non-hydrogen) atoms. The van der Waals surface area contributed by atoms with Crippen molar-refractivity contribution in [2.24, 2.45) is 0 Å². The molecule has 0 aliphatic carbocycles. The smallest absolute Gasteiger partial charge is 0.134 e. The fraction of sp³-hybridized carbons (Fsp3) is 0.111. The van der Waals surface area contributed by atoms with E-state index in [0.717, 1.165) is 23.6 Å². The van der Waals surface area contributed by atoms with Crippen molar-refractivity contribution in [2.75, 3.05) is 0 Å². The lowest BCUT2D eigenvalue weighted by molar-refractivity contribution is 0.493. The number of hydrogen-bond donors (Lipinski definition) is 1. The highest BCUT2D eigenvalue weighted by Crippen LogP contribution is 2.22. The van der Waals surface area contributed by atoms with Crippen molar-refractivity contribution in [1.29, 1.82) is 0 Å². The number of furan rings is 1. The van der Waals surface area contributed by atoms with E-state index in [2.05, 4.69) is 17.4 Å². The molecule has 4 heteroatoms. The van der Waals surface area contributed by atoms with E-state index in [1.54, 1.807) is 12.1 Å². The molecule has 0 saturated carbocycles. The van der Waals surface area contributed by atoms with Crippen LogP contribution in [0.3, 0.4) is 0 Å². The van der Waals surface area contributed by atoms with Crippen molar-refractivity contribution in [2.45, 2.75) is 13.1 Å². The van der Waals surface area contributed by atoms with Gasteiger partial charge in [0.15, 0.2) is 0 Å². The van der Waals surface area contributed by atoms with Gasteiger partial charge < -0.3 is 9.73 Å². The molecule has 0 atom stereocenters. The molecular weight excluding hydrogens is 301 g/mol. The Kier molecular flexibility index (Phi) is 5.75. The molecule has 0 amide bonds. The molecule has 2 aromatic carbocycles. The van der Waals surface area contributed by atoms with Crippen molar-refractivity contribution in [3.05, 3.63) is 83.9 Å². The highest BCUT2D eigenvalue weighted by atomic mass is 35.5. The second kappa shape index (κ2) is 7.78. The fourth-order valence-electron chi connectivity index (χ4n) is 2.17. The molecule has 0 aliphatic rings. The Hall–Kier alpha value is -2.10. The van der Waals surface area contributed by atoms with Gasteiger partial charge in [-0.15, -0.1) is 12.4 Å². The Morgan fingerprint density at radius 3 is 2.27 bits per heavy atom. The molecule has 0 radical (unpaired) electrons. The largest absolute Gasteiger partial charge is 0.460 e. The third-order valence-electron chi connectivity index (χ3n) is 3.26. The first-order chi connectivity index (χ1) is 10.3. The first-order valence-electron chi connectivity index (χ1n) is 6.90. The molecule has 0 bridgehead atoms. The van der Waals surface area contributed by atoms with Gasteiger partial charge in [-0.25, -0.2) is 4.39 Å². The van der Waals surface area contributed by atoms with E-state index in [1.165, 1.54) is 17.7 Å². The lowest BCUT2D eigenvalue weighted by Crippen LogP contribution is -2.11. The summed E-state index contributed by atoms with van der Waals surface area (Å²) in [7, 11) is 0.